The van der Waals surface area contributed by atoms with Gasteiger partial charge in [0.25, 0.3) is 0 Å². The lowest BCUT2D eigenvalue weighted by molar-refractivity contribution is -0.142. The third-order valence-corrected chi connectivity index (χ3v) is 4.10. The van der Waals surface area contributed by atoms with Gasteiger partial charge in [-0.05, 0) is 19.1 Å². The average Bonchev–Trinajstić information content (AvgIpc) is 2.79. The summed E-state index contributed by atoms with van der Waals surface area (Å²) in [6.45, 7) is 1.11. The summed E-state index contributed by atoms with van der Waals surface area (Å²) in [5.74, 6) is -2.11. The van der Waals surface area contributed by atoms with E-state index in [9.17, 15) is 9.59 Å². The van der Waals surface area contributed by atoms with Gasteiger partial charge in [0.05, 0.1) is 29.3 Å². The zero-order valence-electron chi connectivity index (χ0n) is 10.8. The summed E-state index contributed by atoms with van der Waals surface area (Å²) in [4.78, 5) is 27.5. The summed E-state index contributed by atoms with van der Waals surface area (Å²) >= 11 is 1.45. The van der Waals surface area contributed by atoms with E-state index < -0.39 is 11.9 Å². The van der Waals surface area contributed by atoms with E-state index in [1.54, 1.807) is 6.92 Å². The Bertz CT molecular complexity index is 591. The molecule has 1 unspecified atom stereocenters. The van der Waals surface area contributed by atoms with Crippen molar-refractivity contribution in [2.45, 2.75) is 13.0 Å². The number of fused-ring (bicyclic) bond motifs is 1. The van der Waals surface area contributed by atoms with Crippen LogP contribution in [0.2, 0.25) is 0 Å². The molecule has 1 heterocycles. The molecule has 0 aliphatic rings. The Morgan fingerprint density at radius 3 is 2.40 bits per heavy atom. The van der Waals surface area contributed by atoms with Crippen molar-refractivity contribution in [3.8, 4) is 0 Å². The molecule has 0 aliphatic heterocycles. The van der Waals surface area contributed by atoms with Crippen molar-refractivity contribution in [3.05, 3.63) is 29.3 Å². The minimum absolute atomic E-state index is 0.330. The Balaban J connectivity index is 2.27. The Kier molecular flexibility index (Phi) is 4.31. The van der Waals surface area contributed by atoms with Crippen LogP contribution in [0.1, 0.15) is 18.0 Å². The highest BCUT2D eigenvalue weighted by Gasteiger charge is 2.23. The molecule has 0 aliphatic carbocycles. The number of aromatic nitrogens is 1. The highest BCUT2D eigenvalue weighted by Crippen LogP contribution is 2.29. The summed E-state index contributed by atoms with van der Waals surface area (Å²) in [5, 5.41) is 18.5. The zero-order chi connectivity index (χ0) is 14.7. The Hall–Kier alpha value is -1.99. The highest BCUT2D eigenvalue weighted by atomic mass is 32.1. The topological polar surface area (TPSA) is 90.7 Å². The second kappa shape index (κ2) is 5.98. The normalized spacial score (nSPS) is 12.7. The van der Waals surface area contributed by atoms with E-state index in [0.717, 1.165) is 10.2 Å². The fourth-order valence-corrected chi connectivity index (χ4v) is 2.96. The van der Waals surface area contributed by atoms with Gasteiger partial charge in [-0.2, -0.15) is 0 Å². The Labute approximate surface area is 119 Å². The zero-order valence-corrected chi connectivity index (χ0v) is 11.6. The first-order valence-corrected chi connectivity index (χ1v) is 6.82. The molecule has 2 N–H and O–H groups in total. The highest BCUT2D eigenvalue weighted by molar-refractivity contribution is 7.18. The number of hydrogen-bond acceptors (Lipinski definition) is 5. The fourth-order valence-electron chi connectivity index (χ4n) is 1.90. The van der Waals surface area contributed by atoms with Crippen LogP contribution in [0, 0.1) is 0 Å². The standard InChI is InChI=1S/C13H14N2O4S/c1-8(15(6-11(16)17)7-12(18)19)13-14-9-4-2-3-5-10(9)20-13/h2-5,8H,6-7H2,1H3,(H,16,17)(H,18,19). The number of carboxylic acids is 2. The number of benzene rings is 1. The number of carbonyl (C=O) groups is 2. The van der Waals surface area contributed by atoms with Gasteiger partial charge in [0.1, 0.15) is 5.01 Å². The van der Waals surface area contributed by atoms with Crippen molar-refractivity contribution in [1.29, 1.82) is 0 Å². The van der Waals surface area contributed by atoms with E-state index in [2.05, 4.69) is 4.98 Å². The molecule has 2 rings (SSSR count). The summed E-state index contributed by atoms with van der Waals surface area (Å²) in [6, 6.07) is 7.23. The number of thiazole rings is 1. The number of carboxylic acid groups (broad SMARTS) is 2. The number of rotatable bonds is 6. The number of nitrogens with zero attached hydrogens (tertiary/aromatic N) is 2. The molecule has 0 saturated carbocycles. The van der Waals surface area contributed by atoms with Crippen LogP contribution in [-0.4, -0.2) is 45.1 Å². The molecule has 1 atom stereocenters. The maximum absolute atomic E-state index is 10.8. The summed E-state index contributed by atoms with van der Waals surface area (Å²) < 4.78 is 1.000. The number of aliphatic carboxylic acids is 2. The van der Waals surface area contributed by atoms with E-state index in [1.807, 2.05) is 24.3 Å². The van der Waals surface area contributed by atoms with E-state index in [0.29, 0.717) is 5.01 Å². The first-order valence-electron chi connectivity index (χ1n) is 6.00. The molecule has 0 radical (unpaired) electrons. The molecule has 0 saturated heterocycles. The second-order valence-corrected chi connectivity index (χ2v) is 5.45. The van der Waals surface area contributed by atoms with Crippen LogP contribution in [0.3, 0.4) is 0 Å². The van der Waals surface area contributed by atoms with Gasteiger partial charge in [-0.15, -0.1) is 11.3 Å². The second-order valence-electron chi connectivity index (χ2n) is 4.39. The quantitative estimate of drug-likeness (QED) is 0.844. The summed E-state index contributed by atoms with van der Waals surface area (Å²) in [5.41, 5.74) is 0.838. The van der Waals surface area contributed by atoms with Crippen LogP contribution in [0.15, 0.2) is 24.3 Å². The van der Waals surface area contributed by atoms with Crippen LogP contribution in [0.25, 0.3) is 10.2 Å². The van der Waals surface area contributed by atoms with Crippen LogP contribution in [0.4, 0.5) is 0 Å². The van der Waals surface area contributed by atoms with Gasteiger partial charge in [-0.3, -0.25) is 14.5 Å². The van der Waals surface area contributed by atoms with Crippen molar-refractivity contribution in [3.63, 3.8) is 0 Å². The lowest BCUT2D eigenvalue weighted by atomic mass is 10.3. The van der Waals surface area contributed by atoms with E-state index in [4.69, 9.17) is 10.2 Å². The molecule has 106 valence electrons. The third-order valence-electron chi connectivity index (χ3n) is 2.89. The fraction of sp³-hybridized carbons (Fsp3) is 0.308. The van der Waals surface area contributed by atoms with Crippen LogP contribution < -0.4 is 0 Å². The molecule has 0 amide bonds. The average molecular weight is 294 g/mol. The van der Waals surface area contributed by atoms with Crippen molar-refractivity contribution in [2.75, 3.05) is 13.1 Å². The van der Waals surface area contributed by atoms with Gasteiger partial charge >= 0.3 is 11.9 Å². The maximum atomic E-state index is 10.8. The van der Waals surface area contributed by atoms with Crippen LogP contribution in [0.5, 0.6) is 0 Å². The summed E-state index contributed by atoms with van der Waals surface area (Å²) in [6.07, 6.45) is 0. The predicted octanol–water partition coefficient (Wildman–Crippen LogP) is 1.83. The Morgan fingerprint density at radius 1 is 1.25 bits per heavy atom. The van der Waals surface area contributed by atoms with Crippen LogP contribution in [-0.2, 0) is 9.59 Å². The van der Waals surface area contributed by atoms with Crippen molar-refractivity contribution < 1.29 is 19.8 Å². The van der Waals surface area contributed by atoms with Gasteiger partial charge in [0, 0.05) is 0 Å². The lowest BCUT2D eigenvalue weighted by Crippen LogP contribution is -2.36. The molecule has 0 bridgehead atoms. The van der Waals surface area contributed by atoms with E-state index in [-0.39, 0.29) is 19.1 Å². The molecule has 1 aromatic carbocycles. The molecule has 0 fully saturated rings. The van der Waals surface area contributed by atoms with Crippen LogP contribution >= 0.6 is 11.3 Å². The number of hydrogen-bond donors (Lipinski definition) is 2. The molecule has 6 nitrogen and oxygen atoms in total. The van der Waals surface area contributed by atoms with E-state index in [1.165, 1.54) is 16.2 Å². The van der Waals surface area contributed by atoms with Crippen molar-refractivity contribution in [2.24, 2.45) is 0 Å². The van der Waals surface area contributed by atoms with Gasteiger partial charge in [-0.1, -0.05) is 12.1 Å². The Morgan fingerprint density at radius 2 is 1.85 bits per heavy atom. The molecule has 1 aromatic heterocycles. The van der Waals surface area contributed by atoms with Gasteiger partial charge in [0.15, 0.2) is 0 Å². The molecule has 7 heteroatoms. The lowest BCUT2D eigenvalue weighted by Gasteiger charge is -2.23. The molecule has 2 aromatic rings. The molecular formula is C13H14N2O4S. The van der Waals surface area contributed by atoms with Crippen molar-refractivity contribution >= 4 is 33.5 Å². The van der Waals surface area contributed by atoms with Crippen molar-refractivity contribution in [1.82, 2.24) is 9.88 Å². The summed E-state index contributed by atoms with van der Waals surface area (Å²) in [7, 11) is 0. The number of para-hydroxylation sites is 1. The first kappa shape index (κ1) is 14.4. The predicted molar refractivity (Wildman–Crippen MR) is 74.9 cm³/mol. The first-order chi connectivity index (χ1) is 9.47. The molecule has 0 spiro atoms. The minimum atomic E-state index is -1.06. The molecule has 20 heavy (non-hydrogen) atoms. The van der Waals surface area contributed by atoms with Gasteiger partial charge < -0.3 is 10.2 Å². The minimum Gasteiger partial charge on any atom is -0.480 e. The van der Waals surface area contributed by atoms with Gasteiger partial charge in [-0.25, -0.2) is 4.98 Å². The SMILES string of the molecule is CC(c1nc2ccccc2s1)N(CC(=O)O)CC(=O)O. The largest absolute Gasteiger partial charge is 0.480 e. The molecular weight excluding hydrogens is 280 g/mol. The van der Waals surface area contributed by atoms with Gasteiger partial charge in [0.2, 0.25) is 0 Å². The smallest absolute Gasteiger partial charge is 0.317 e. The maximum Gasteiger partial charge on any atom is 0.317 e. The van der Waals surface area contributed by atoms with E-state index >= 15 is 0 Å². The third kappa shape index (κ3) is 3.31. The monoisotopic (exact) mass is 294 g/mol.